The molecule has 3 nitrogen and oxygen atoms in total. The molecule has 1 rings (SSSR count). The van der Waals surface area contributed by atoms with Gasteiger partial charge in [0.1, 0.15) is 0 Å². The van der Waals surface area contributed by atoms with Gasteiger partial charge in [-0.25, -0.2) is 0 Å². The van der Waals surface area contributed by atoms with E-state index < -0.39 is 0 Å². The molecule has 0 aromatic heterocycles. The summed E-state index contributed by atoms with van der Waals surface area (Å²) in [5.74, 6) is 0.259. The van der Waals surface area contributed by atoms with Gasteiger partial charge < -0.3 is 10.6 Å². The number of amides is 1. The van der Waals surface area contributed by atoms with Crippen LogP contribution in [0.5, 0.6) is 0 Å². The Morgan fingerprint density at radius 1 is 1.50 bits per heavy atom. The topological polar surface area (TPSA) is 46.3 Å². The van der Waals surface area contributed by atoms with Crippen LogP contribution in [0.15, 0.2) is 0 Å². The Morgan fingerprint density at radius 3 is 2.57 bits per heavy atom. The van der Waals surface area contributed by atoms with Crippen LogP contribution in [0.4, 0.5) is 0 Å². The van der Waals surface area contributed by atoms with E-state index in [9.17, 15) is 4.79 Å². The van der Waals surface area contributed by atoms with Crippen molar-refractivity contribution in [1.82, 2.24) is 4.90 Å². The molecule has 0 radical (unpaired) electrons. The second-order valence-electron chi connectivity index (χ2n) is 4.46. The summed E-state index contributed by atoms with van der Waals surface area (Å²) in [5, 5.41) is 0. The quantitative estimate of drug-likeness (QED) is 0.744. The van der Waals surface area contributed by atoms with Crippen LogP contribution in [-0.4, -0.2) is 29.9 Å². The van der Waals surface area contributed by atoms with Crippen molar-refractivity contribution >= 4 is 5.91 Å². The van der Waals surface area contributed by atoms with Crippen LogP contribution in [0.2, 0.25) is 0 Å². The number of nitrogens with zero attached hydrogens (tertiary/aromatic N) is 1. The van der Waals surface area contributed by atoms with E-state index in [-0.39, 0.29) is 11.9 Å². The standard InChI is InChI=1S/C11H22N2O/c1-9(12)7-8-11(14)13(2)10-5-3-4-6-10/h9-10H,3-8,12H2,1-2H3. The first-order chi connectivity index (χ1) is 6.61. The molecule has 2 N–H and O–H groups in total. The molecule has 0 heterocycles. The lowest BCUT2D eigenvalue weighted by atomic mass is 10.1. The van der Waals surface area contributed by atoms with Crippen molar-refractivity contribution in [2.24, 2.45) is 5.73 Å². The van der Waals surface area contributed by atoms with E-state index in [4.69, 9.17) is 5.73 Å². The Kier molecular flexibility index (Phi) is 4.39. The molecule has 14 heavy (non-hydrogen) atoms. The van der Waals surface area contributed by atoms with Gasteiger partial charge in [-0.05, 0) is 26.2 Å². The normalized spacial score (nSPS) is 19.6. The molecule has 82 valence electrons. The summed E-state index contributed by atoms with van der Waals surface area (Å²) in [4.78, 5) is 13.6. The summed E-state index contributed by atoms with van der Waals surface area (Å²) in [6.45, 7) is 1.95. The lowest BCUT2D eigenvalue weighted by Crippen LogP contribution is -2.35. The molecule has 1 fully saturated rings. The van der Waals surface area contributed by atoms with Crippen LogP contribution in [0.1, 0.15) is 45.4 Å². The number of rotatable bonds is 4. The van der Waals surface area contributed by atoms with Gasteiger partial charge in [0, 0.05) is 25.6 Å². The molecule has 0 aromatic carbocycles. The highest BCUT2D eigenvalue weighted by atomic mass is 16.2. The van der Waals surface area contributed by atoms with Gasteiger partial charge in [-0.2, -0.15) is 0 Å². The predicted octanol–water partition coefficient (Wildman–Crippen LogP) is 1.51. The van der Waals surface area contributed by atoms with Crippen molar-refractivity contribution in [3.05, 3.63) is 0 Å². The third-order valence-corrected chi connectivity index (χ3v) is 3.08. The van der Waals surface area contributed by atoms with E-state index in [0.717, 1.165) is 6.42 Å². The predicted molar refractivity (Wildman–Crippen MR) is 57.9 cm³/mol. The highest BCUT2D eigenvalue weighted by molar-refractivity contribution is 5.76. The number of nitrogens with two attached hydrogens (primary N) is 1. The molecule has 1 aliphatic carbocycles. The highest BCUT2D eigenvalue weighted by Gasteiger charge is 2.22. The Morgan fingerprint density at radius 2 is 2.07 bits per heavy atom. The fourth-order valence-electron chi connectivity index (χ4n) is 2.02. The average Bonchev–Trinajstić information content (AvgIpc) is 2.65. The second-order valence-corrected chi connectivity index (χ2v) is 4.46. The Bertz CT molecular complexity index is 186. The maximum Gasteiger partial charge on any atom is 0.222 e. The summed E-state index contributed by atoms with van der Waals surface area (Å²) in [7, 11) is 1.93. The van der Waals surface area contributed by atoms with Crippen LogP contribution in [-0.2, 0) is 4.79 Å². The van der Waals surface area contributed by atoms with E-state index in [1.165, 1.54) is 25.7 Å². The fraction of sp³-hybridized carbons (Fsp3) is 0.909. The van der Waals surface area contributed by atoms with E-state index in [1.54, 1.807) is 0 Å². The van der Waals surface area contributed by atoms with Crippen molar-refractivity contribution in [3.8, 4) is 0 Å². The van der Waals surface area contributed by atoms with Crippen molar-refractivity contribution < 1.29 is 4.79 Å². The maximum atomic E-state index is 11.7. The minimum atomic E-state index is 0.135. The fourth-order valence-corrected chi connectivity index (χ4v) is 2.02. The van der Waals surface area contributed by atoms with E-state index >= 15 is 0 Å². The number of hydrogen-bond acceptors (Lipinski definition) is 2. The molecule has 0 bridgehead atoms. The maximum absolute atomic E-state index is 11.7. The number of carbonyl (C=O) groups excluding carboxylic acids is 1. The first-order valence-corrected chi connectivity index (χ1v) is 5.62. The molecule has 0 spiro atoms. The molecule has 3 heteroatoms. The van der Waals surface area contributed by atoms with Gasteiger partial charge in [0.15, 0.2) is 0 Å². The van der Waals surface area contributed by atoms with E-state index in [2.05, 4.69) is 0 Å². The molecule has 1 atom stereocenters. The van der Waals surface area contributed by atoms with Gasteiger partial charge in [-0.15, -0.1) is 0 Å². The smallest absolute Gasteiger partial charge is 0.222 e. The Hall–Kier alpha value is -0.570. The summed E-state index contributed by atoms with van der Waals surface area (Å²) in [6.07, 6.45) is 6.31. The molecule has 1 aliphatic rings. The highest BCUT2D eigenvalue weighted by Crippen LogP contribution is 2.22. The van der Waals surface area contributed by atoms with Crippen LogP contribution in [0, 0.1) is 0 Å². The molecular formula is C11H22N2O. The molecular weight excluding hydrogens is 176 g/mol. The Balaban J connectivity index is 2.28. The van der Waals surface area contributed by atoms with Gasteiger partial charge in [-0.3, -0.25) is 4.79 Å². The zero-order valence-corrected chi connectivity index (χ0v) is 9.33. The minimum Gasteiger partial charge on any atom is -0.343 e. The third-order valence-electron chi connectivity index (χ3n) is 3.08. The molecule has 1 unspecified atom stereocenters. The molecule has 1 saturated carbocycles. The monoisotopic (exact) mass is 198 g/mol. The van der Waals surface area contributed by atoms with Crippen LogP contribution >= 0.6 is 0 Å². The zero-order valence-electron chi connectivity index (χ0n) is 9.33. The second kappa shape index (κ2) is 5.35. The van der Waals surface area contributed by atoms with Crippen LogP contribution in [0.3, 0.4) is 0 Å². The van der Waals surface area contributed by atoms with Crippen molar-refractivity contribution in [2.75, 3.05) is 7.05 Å². The van der Waals surface area contributed by atoms with Crippen molar-refractivity contribution in [3.63, 3.8) is 0 Å². The van der Waals surface area contributed by atoms with E-state index in [0.29, 0.717) is 12.5 Å². The third kappa shape index (κ3) is 3.29. The van der Waals surface area contributed by atoms with Crippen LogP contribution < -0.4 is 5.73 Å². The molecule has 1 amide bonds. The van der Waals surface area contributed by atoms with Gasteiger partial charge in [0.05, 0.1) is 0 Å². The summed E-state index contributed by atoms with van der Waals surface area (Å²) in [6, 6.07) is 0.631. The first kappa shape index (κ1) is 11.5. The molecule has 0 aromatic rings. The van der Waals surface area contributed by atoms with Gasteiger partial charge >= 0.3 is 0 Å². The SMILES string of the molecule is CC(N)CCC(=O)N(C)C1CCCC1. The lowest BCUT2D eigenvalue weighted by molar-refractivity contribution is -0.132. The molecule has 0 saturated heterocycles. The Labute approximate surface area is 86.6 Å². The van der Waals surface area contributed by atoms with Gasteiger partial charge in [0.25, 0.3) is 0 Å². The summed E-state index contributed by atoms with van der Waals surface area (Å²) >= 11 is 0. The first-order valence-electron chi connectivity index (χ1n) is 5.62. The lowest BCUT2D eigenvalue weighted by Gasteiger charge is -2.24. The zero-order chi connectivity index (χ0) is 10.6. The number of hydrogen-bond donors (Lipinski definition) is 1. The van der Waals surface area contributed by atoms with Gasteiger partial charge in [-0.1, -0.05) is 12.8 Å². The largest absolute Gasteiger partial charge is 0.343 e. The minimum absolute atomic E-state index is 0.135. The average molecular weight is 198 g/mol. The number of carbonyl (C=O) groups is 1. The summed E-state index contributed by atoms with van der Waals surface area (Å²) < 4.78 is 0. The van der Waals surface area contributed by atoms with Crippen LogP contribution in [0.25, 0.3) is 0 Å². The van der Waals surface area contributed by atoms with Crippen molar-refractivity contribution in [1.29, 1.82) is 0 Å². The van der Waals surface area contributed by atoms with Crippen molar-refractivity contribution in [2.45, 2.75) is 57.5 Å². The molecule has 0 aliphatic heterocycles. The van der Waals surface area contributed by atoms with Gasteiger partial charge in [0.2, 0.25) is 5.91 Å². The summed E-state index contributed by atoms with van der Waals surface area (Å²) in [5.41, 5.74) is 5.62. The van der Waals surface area contributed by atoms with E-state index in [1.807, 2.05) is 18.9 Å².